The van der Waals surface area contributed by atoms with Crippen LogP contribution in [-0.4, -0.2) is 114 Å². The molecule has 10 nitrogen and oxygen atoms in total. The van der Waals surface area contributed by atoms with E-state index in [1.165, 1.54) is 17.4 Å². The Morgan fingerprint density at radius 1 is 1.00 bits per heavy atom. The number of hydrogen-bond donors (Lipinski definition) is 2. The lowest BCUT2D eigenvalue weighted by atomic mass is 9.91. The number of anilines is 2. The first-order chi connectivity index (χ1) is 22.9. The second-order valence-electron chi connectivity index (χ2n) is 13.5. The summed E-state index contributed by atoms with van der Waals surface area (Å²) >= 11 is 4.67. The quantitative estimate of drug-likeness (QED) is 0.389. The Balaban J connectivity index is 1.13. The topological polar surface area (TPSA) is 105 Å². The van der Waals surface area contributed by atoms with Crippen LogP contribution in [0, 0.1) is 5.92 Å². The number of fused-ring (bicyclic) bond motifs is 1. The molecule has 48 heavy (non-hydrogen) atoms. The average molecular weight is 755 g/mol. The van der Waals surface area contributed by atoms with Crippen molar-refractivity contribution in [3.63, 3.8) is 0 Å². The number of nitrogens with two attached hydrogens (primary N) is 1. The molecule has 0 saturated carbocycles. The molecule has 2 aromatic rings. The second-order valence-corrected chi connectivity index (χ2v) is 15.3. The van der Waals surface area contributed by atoms with E-state index < -0.39 is 23.3 Å². The number of rotatable bonds is 7. The lowest BCUT2D eigenvalue weighted by molar-refractivity contribution is -0.143. The number of thiophene rings is 1. The van der Waals surface area contributed by atoms with E-state index in [0.29, 0.717) is 57.2 Å². The van der Waals surface area contributed by atoms with Crippen LogP contribution >= 0.6 is 27.3 Å². The van der Waals surface area contributed by atoms with Crippen molar-refractivity contribution in [1.29, 1.82) is 0 Å². The van der Waals surface area contributed by atoms with Gasteiger partial charge in [0.15, 0.2) is 0 Å². The molecule has 1 atom stereocenters. The fourth-order valence-electron chi connectivity index (χ4n) is 7.54. The van der Waals surface area contributed by atoms with E-state index in [1.807, 2.05) is 16.3 Å². The zero-order valence-electron chi connectivity index (χ0n) is 27.1. The van der Waals surface area contributed by atoms with Crippen molar-refractivity contribution in [3.8, 4) is 0 Å². The number of alkyl halides is 3. The minimum Gasteiger partial charge on any atom is -0.397 e. The number of piperazine rings is 1. The van der Waals surface area contributed by atoms with E-state index >= 15 is 0 Å². The Hall–Kier alpha value is -2.88. The van der Waals surface area contributed by atoms with E-state index in [0.717, 1.165) is 55.7 Å². The predicted molar refractivity (Wildman–Crippen MR) is 183 cm³/mol. The van der Waals surface area contributed by atoms with Gasteiger partial charge >= 0.3 is 12.2 Å². The number of carbonyl (C=O) groups excluding carboxylic acids is 3. The molecule has 0 spiro atoms. The first kappa shape index (κ1) is 35.0. The number of urea groups is 1. The molecule has 4 aliphatic heterocycles. The van der Waals surface area contributed by atoms with Gasteiger partial charge in [-0.15, -0.1) is 11.3 Å². The van der Waals surface area contributed by atoms with Gasteiger partial charge in [-0.25, -0.2) is 4.79 Å². The van der Waals surface area contributed by atoms with Crippen molar-refractivity contribution in [1.82, 2.24) is 24.5 Å². The van der Waals surface area contributed by atoms with Crippen molar-refractivity contribution in [2.75, 3.05) is 70.5 Å². The number of hydrogen-bond acceptors (Lipinski definition) is 7. The maximum Gasteiger partial charge on any atom is 0.418 e. The highest BCUT2D eigenvalue weighted by atomic mass is 79.9. The maximum atomic E-state index is 14.1. The van der Waals surface area contributed by atoms with E-state index in [2.05, 4.69) is 38.1 Å². The Labute approximate surface area is 291 Å². The highest BCUT2D eigenvalue weighted by Crippen LogP contribution is 2.39. The van der Waals surface area contributed by atoms with Crippen LogP contribution in [0.1, 0.15) is 48.8 Å². The maximum absolute atomic E-state index is 14.1. The van der Waals surface area contributed by atoms with Gasteiger partial charge in [0.2, 0.25) is 11.8 Å². The molecule has 0 aliphatic carbocycles. The van der Waals surface area contributed by atoms with Crippen LogP contribution in [0.25, 0.3) is 0 Å². The number of halogens is 4. The van der Waals surface area contributed by atoms with E-state index in [-0.39, 0.29) is 41.2 Å². The molecule has 6 rings (SSSR count). The number of nitrogens with zero attached hydrogens (tertiary/aromatic N) is 5. The van der Waals surface area contributed by atoms with Crippen LogP contribution in [0.3, 0.4) is 0 Å². The smallest absolute Gasteiger partial charge is 0.397 e. The standard InChI is InChI=1S/C33H43BrF3N7O3S/c1-40-7-2-24(3-8-40)41-11-13-43(14-12-41)31(46)23(16-21-17-26(33(35,36)37)29(38)27(34)18-21)19-28(45)42-9-4-25(5-10-42)44-20-22-6-15-48-30(22)39-32(44)47/h6,15,17-18,23-25H,2-5,7-14,16,19-20,38H2,1H3,(H,39,47)/t23-/m0/s1. The number of likely N-dealkylation sites (tertiary alicyclic amines) is 2. The van der Waals surface area contributed by atoms with Gasteiger partial charge in [-0.2, -0.15) is 13.2 Å². The van der Waals surface area contributed by atoms with Gasteiger partial charge in [-0.05, 0) is 97.3 Å². The second kappa shape index (κ2) is 14.5. The molecule has 5 heterocycles. The third-order valence-electron chi connectivity index (χ3n) is 10.4. The van der Waals surface area contributed by atoms with Crippen molar-refractivity contribution in [2.45, 2.75) is 63.3 Å². The van der Waals surface area contributed by atoms with Crippen molar-refractivity contribution >= 4 is 55.8 Å². The largest absolute Gasteiger partial charge is 0.418 e. The van der Waals surface area contributed by atoms with Crippen LogP contribution in [-0.2, 0) is 28.7 Å². The normalized spacial score (nSPS) is 21.3. The molecule has 0 radical (unpaired) electrons. The monoisotopic (exact) mass is 753 g/mol. The number of amides is 4. The molecule has 1 aromatic carbocycles. The third kappa shape index (κ3) is 7.79. The zero-order valence-corrected chi connectivity index (χ0v) is 29.5. The molecule has 15 heteroatoms. The third-order valence-corrected chi connectivity index (χ3v) is 11.9. The molecular weight excluding hydrogens is 711 g/mol. The van der Waals surface area contributed by atoms with Crippen LogP contribution in [0.15, 0.2) is 28.1 Å². The Morgan fingerprint density at radius 2 is 1.67 bits per heavy atom. The molecule has 3 saturated heterocycles. The van der Waals surface area contributed by atoms with E-state index in [9.17, 15) is 27.6 Å². The highest BCUT2D eigenvalue weighted by molar-refractivity contribution is 9.10. The summed E-state index contributed by atoms with van der Waals surface area (Å²) in [5, 5.41) is 5.78. The van der Waals surface area contributed by atoms with Crippen LogP contribution in [0.5, 0.6) is 0 Å². The minimum absolute atomic E-state index is 0.0188. The summed E-state index contributed by atoms with van der Waals surface area (Å²) in [5.41, 5.74) is 5.76. The van der Waals surface area contributed by atoms with Gasteiger partial charge in [0, 0.05) is 67.8 Å². The van der Waals surface area contributed by atoms with Crippen LogP contribution < -0.4 is 11.1 Å². The fraction of sp³-hybridized carbons (Fsp3) is 0.606. The molecule has 0 unspecified atom stereocenters. The van der Waals surface area contributed by atoms with Gasteiger partial charge < -0.3 is 25.3 Å². The lowest BCUT2D eigenvalue weighted by Crippen LogP contribution is -2.55. The highest BCUT2D eigenvalue weighted by Gasteiger charge is 2.38. The average Bonchev–Trinajstić information content (AvgIpc) is 3.52. The molecule has 262 valence electrons. The Bertz CT molecular complexity index is 1500. The molecule has 4 aliphatic rings. The molecule has 0 bridgehead atoms. The van der Waals surface area contributed by atoms with E-state index in [4.69, 9.17) is 5.73 Å². The Kier molecular flexibility index (Phi) is 10.6. The van der Waals surface area contributed by atoms with Crippen molar-refractivity contribution in [2.24, 2.45) is 5.92 Å². The van der Waals surface area contributed by atoms with Crippen molar-refractivity contribution < 1.29 is 27.6 Å². The number of nitrogens with one attached hydrogen (secondary N) is 1. The summed E-state index contributed by atoms with van der Waals surface area (Å²) in [6.45, 7) is 5.99. The van der Waals surface area contributed by atoms with Gasteiger partial charge in [0.1, 0.15) is 5.00 Å². The van der Waals surface area contributed by atoms with Crippen LogP contribution in [0.4, 0.5) is 28.7 Å². The fourth-order valence-corrected chi connectivity index (χ4v) is 8.85. The number of benzene rings is 1. The summed E-state index contributed by atoms with van der Waals surface area (Å²) in [7, 11) is 2.13. The summed E-state index contributed by atoms with van der Waals surface area (Å²) in [6.07, 6.45) is -1.40. The summed E-state index contributed by atoms with van der Waals surface area (Å²) in [5.74, 6) is -1.24. The van der Waals surface area contributed by atoms with Gasteiger partial charge in [0.25, 0.3) is 0 Å². The Morgan fingerprint density at radius 3 is 2.33 bits per heavy atom. The molecule has 3 N–H and O–H groups in total. The predicted octanol–water partition coefficient (Wildman–Crippen LogP) is 4.94. The first-order valence-corrected chi connectivity index (χ1v) is 18.3. The van der Waals surface area contributed by atoms with Crippen molar-refractivity contribution in [3.05, 3.63) is 44.7 Å². The summed E-state index contributed by atoms with van der Waals surface area (Å²) in [4.78, 5) is 50.7. The van der Waals surface area contributed by atoms with Gasteiger partial charge in [0.05, 0.1) is 23.7 Å². The number of piperidine rings is 2. The molecule has 1 aromatic heterocycles. The zero-order chi connectivity index (χ0) is 34.2. The lowest BCUT2D eigenvalue weighted by Gasteiger charge is -2.43. The van der Waals surface area contributed by atoms with Crippen LogP contribution in [0.2, 0.25) is 0 Å². The first-order valence-electron chi connectivity index (χ1n) is 16.7. The van der Waals surface area contributed by atoms with E-state index in [1.54, 1.807) is 9.80 Å². The number of nitrogen functional groups attached to an aromatic ring is 1. The van der Waals surface area contributed by atoms with Gasteiger partial charge in [-0.3, -0.25) is 19.8 Å². The molecule has 4 amide bonds. The summed E-state index contributed by atoms with van der Waals surface area (Å²) in [6, 6.07) is 4.85. The molecule has 3 fully saturated rings. The molecular formula is C33H43BrF3N7O3S. The van der Waals surface area contributed by atoms with Gasteiger partial charge in [-0.1, -0.05) is 0 Å². The number of carbonyl (C=O) groups is 3. The summed E-state index contributed by atoms with van der Waals surface area (Å²) < 4.78 is 41.6. The SMILES string of the molecule is CN1CCC(N2CCN(C(=O)[C@H](CC(=O)N3CCC(N4Cc5ccsc5NC4=O)CC3)Cc3cc(Br)c(N)c(C(F)(F)F)c3)CC2)CC1. The minimum atomic E-state index is -4.66.